The smallest absolute Gasteiger partial charge is 0.165 e. The van der Waals surface area contributed by atoms with Crippen LogP contribution >= 0.6 is 22.7 Å². The molecule has 11 rings (SSSR count). The summed E-state index contributed by atoms with van der Waals surface area (Å²) in [6, 6.07) is 66.7. The zero-order chi connectivity index (χ0) is 37.0. The third-order valence-corrected chi connectivity index (χ3v) is 13.0. The molecule has 0 aliphatic heterocycles. The van der Waals surface area contributed by atoms with Gasteiger partial charge in [-0.1, -0.05) is 170 Å². The van der Waals surface area contributed by atoms with E-state index in [-0.39, 0.29) is 0 Å². The molecule has 3 heterocycles. The van der Waals surface area contributed by atoms with Gasteiger partial charge in [0, 0.05) is 57.0 Å². The van der Waals surface area contributed by atoms with Crippen molar-refractivity contribution in [2.75, 3.05) is 0 Å². The zero-order valence-corrected chi connectivity index (χ0v) is 31.7. The molecule has 0 atom stereocenters. The van der Waals surface area contributed by atoms with Crippen LogP contribution in [0, 0.1) is 0 Å². The molecule has 262 valence electrons. The molecule has 0 radical (unpaired) electrons. The van der Waals surface area contributed by atoms with E-state index in [1.165, 1.54) is 51.5 Å². The monoisotopic (exact) mass is 749 g/mol. The fraction of sp³-hybridized carbons (Fsp3) is 0. The fourth-order valence-electron chi connectivity index (χ4n) is 7.85. The Kier molecular flexibility index (Phi) is 7.87. The molecule has 5 heteroatoms. The van der Waals surface area contributed by atoms with Gasteiger partial charge in [-0.2, -0.15) is 0 Å². The molecule has 0 unspecified atom stereocenters. The Balaban J connectivity index is 0.999. The number of fused-ring (bicyclic) bond motifs is 6. The Morgan fingerprint density at radius 3 is 1.30 bits per heavy atom. The van der Waals surface area contributed by atoms with E-state index >= 15 is 0 Å². The van der Waals surface area contributed by atoms with Gasteiger partial charge in [0.25, 0.3) is 0 Å². The summed E-state index contributed by atoms with van der Waals surface area (Å²) in [5.74, 6) is 1.96. The van der Waals surface area contributed by atoms with Gasteiger partial charge < -0.3 is 0 Å². The molecule has 0 aliphatic carbocycles. The molecule has 0 amide bonds. The van der Waals surface area contributed by atoms with Crippen molar-refractivity contribution < 1.29 is 0 Å². The zero-order valence-electron chi connectivity index (χ0n) is 30.1. The second-order valence-corrected chi connectivity index (χ2v) is 16.0. The Morgan fingerprint density at radius 2 is 0.661 bits per heavy atom. The van der Waals surface area contributed by atoms with Gasteiger partial charge in [-0.25, -0.2) is 15.0 Å². The van der Waals surface area contributed by atoms with Gasteiger partial charge in [-0.15, -0.1) is 22.7 Å². The third-order valence-electron chi connectivity index (χ3n) is 10.6. The molecule has 0 aliphatic rings. The lowest BCUT2D eigenvalue weighted by atomic mass is 9.98. The van der Waals surface area contributed by atoms with Gasteiger partial charge in [0.2, 0.25) is 0 Å². The van der Waals surface area contributed by atoms with E-state index in [1.54, 1.807) is 11.3 Å². The first-order chi connectivity index (χ1) is 27.7. The molecule has 56 heavy (non-hydrogen) atoms. The maximum Gasteiger partial charge on any atom is 0.165 e. The first-order valence-corrected chi connectivity index (χ1v) is 20.3. The molecule has 11 aromatic rings. The molecule has 8 aromatic carbocycles. The minimum atomic E-state index is 0.643. The SMILES string of the molecule is c1ccc(-c2ccccc2-c2nc(-c3ccc(-c4ccc(-c5cccc6c5sc5ccccc56)cc4)cc3)nc(-c3cccc4c3sc3ccccc34)n2)cc1. The molecule has 0 spiro atoms. The van der Waals surface area contributed by atoms with E-state index in [9.17, 15) is 0 Å². The average molecular weight is 750 g/mol. The van der Waals surface area contributed by atoms with Crippen molar-refractivity contribution in [1.29, 1.82) is 0 Å². The number of benzene rings is 8. The van der Waals surface area contributed by atoms with Gasteiger partial charge in [-0.3, -0.25) is 0 Å². The van der Waals surface area contributed by atoms with Crippen LogP contribution < -0.4 is 0 Å². The van der Waals surface area contributed by atoms with Gasteiger partial charge in [0.15, 0.2) is 17.5 Å². The number of aromatic nitrogens is 3. The summed E-state index contributed by atoms with van der Waals surface area (Å²) in [6.45, 7) is 0. The molecule has 0 N–H and O–H groups in total. The second kappa shape index (κ2) is 13.5. The first-order valence-electron chi connectivity index (χ1n) is 18.7. The summed E-state index contributed by atoms with van der Waals surface area (Å²) >= 11 is 3.65. The highest BCUT2D eigenvalue weighted by atomic mass is 32.1. The fourth-order valence-corrected chi connectivity index (χ4v) is 10.3. The third kappa shape index (κ3) is 5.60. The molecule has 3 aromatic heterocycles. The molecule has 0 fully saturated rings. The Morgan fingerprint density at radius 1 is 0.250 bits per heavy atom. The van der Waals surface area contributed by atoms with Crippen molar-refractivity contribution in [1.82, 2.24) is 15.0 Å². The largest absolute Gasteiger partial charge is 0.208 e. The standard InChI is InChI=1S/C51H31N3S2/c1-2-12-34(13-3-1)37-14-4-5-17-43(37)50-52-49(53-51(54-50)44-21-11-20-42-40-16-7-9-23-46(40)56-48(42)44)36-30-26-33(27-31-36)32-24-28-35(29-25-32)38-18-10-19-41-39-15-6-8-22-45(39)55-47(38)41/h1-31H. The van der Waals surface area contributed by atoms with Crippen LogP contribution in [0.3, 0.4) is 0 Å². The summed E-state index contributed by atoms with van der Waals surface area (Å²) in [5, 5.41) is 5.10. The highest BCUT2D eigenvalue weighted by molar-refractivity contribution is 7.26. The van der Waals surface area contributed by atoms with Crippen LogP contribution in [-0.4, -0.2) is 15.0 Å². The predicted octanol–water partition coefficient (Wildman–Crippen LogP) is 14.6. The molecule has 0 saturated heterocycles. The Labute approximate surface area is 331 Å². The number of nitrogens with zero attached hydrogens (tertiary/aromatic N) is 3. The van der Waals surface area contributed by atoms with Crippen molar-refractivity contribution in [2.45, 2.75) is 0 Å². The van der Waals surface area contributed by atoms with Crippen molar-refractivity contribution in [3.8, 4) is 67.5 Å². The summed E-state index contributed by atoms with van der Waals surface area (Å²) < 4.78 is 5.08. The quantitative estimate of drug-likeness (QED) is 0.170. The average Bonchev–Trinajstić information content (AvgIpc) is 3.86. The molecular weight excluding hydrogens is 719 g/mol. The van der Waals surface area contributed by atoms with Crippen molar-refractivity contribution in [2.24, 2.45) is 0 Å². The maximum atomic E-state index is 5.22. The van der Waals surface area contributed by atoms with E-state index in [0.29, 0.717) is 17.5 Å². The van der Waals surface area contributed by atoms with Crippen LogP contribution in [0.4, 0.5) is 0 Å². The van der Waals surface area contributed by atoms with Crippen LogP contribution in [0.15, 0.2) is 188 Å². The minimum Gasteiger partial charge on any atom is -0.208 e. The normalized spacial score (nSPS) is 11.6. The van der Waals surface area contributed by atoms with E-state index in [0.717, 1.165) is 38.9 Å². The van der Waals surface area contributed by atoms with Crippen molar-refractivity contribution >= 4 is 63.0 Å². The van der Waals surface area contributed by atoms with Crippen molar-refractivity contribution in [3.63, 3.8) is 0 Å². The Bertz CT molecular complexity index is 3230. The van der Waals surface area contributed by atoms with Crippen LogP contribution in [0.25, 0.3) is 108 Å². The molecular formula is C51H31N3S2. The van der Waals surface area contributed by atoms with Crippen LogP contribution in [-0.2, 0) is 0 Å². The molecule has 0 saturated carbocycles. The van der Waals surface area contributed by atoms with Gasteiger partial charge in [0.1, 0.15) is 0 Å². The van der Waals surface area contributed by atoms with Crippen LogP contribution in [0.2, 0.25) is 0 Å². The number of hydrogen-bond acceptors (Lipinski definition) is 5. The summed E-state index contributed by atoms with van der Waals surface area (Å²) in [4.78, 5) is 15.6. The molecule has 0 bridgehead atoms. The topological polar surface area (TPSA) is 38.7 Å². The summed E-state index contributed by atoms with van der Waals surface area (Å²) in [6.07, 6.45) is 0. The lowest BCUT2D eigenvalue weighted by molar-refractivity contribution is 1.08. The van der Waals surface area contributed by atoms with Crippen molar-refractivity contribution in [3.05, 3.63) is 188 Å². The number of rotatable bonds is 6. The highest BCUT2D eigenvalue weighted by Crippen LogP contribution is 2.42. The predicted molar refractivity (Wildman–Crippen MR) is 238 cm³/mol. The van der Waals surface area contributed by atoms with Gasteiger partial charge in [-0.05, 0) is 51.6 Å². The van der Waals surface area contributed by atoms with E-state index in [2.05, 4.69) is 182 Å². The second-order valence-electron chi connectivity index (χ2n) is 13.9. The van der Waals surface area contributed by atoms with E-state index < -0.39 is 0 Å². The van der Waals surface area contributed by atoms with Crippen LogP contribution in [0.5, 0.6) is 0 Å². The molecule has 3 nitrogen and oxygen atoms in total. The van der Waals surface area contributed by atoms with E-state index in [1.807, 2.05) is 17.4 Å². The minimum absolute atomic E-state index is 0.643. The first kappa shape index (κ1) is 32.6. The lowest BCUT2D eigenvalue weighted by Crippen LogP contribution is -2.01. The van der Waals surface area contributed by atoms with E-state index in [4.69, 9.17) is 15.0 Å². The van der Waals surface area contributed by atoms with Gasteiger partial charge in [0.05, 0.1) is 0 Å². The Hall–Kier alpha value is -6.79. The van der Waals surface area contributed by atoms with Crippen LogP contribution in [0.1, 0.15) is 0 Å². The maximum absolute atomic E-state index is 5.22. The highest BCUT2D eigenvalue weighted by Gasteiger charge is 2.19. The summed E-state index contributed by atoms with van der Waals surface area (Å²) in [5.41, 5.74) is 9.90. The van der Waals surface area contributed by atoms with Gasteiger partial charge >= 0.3 is 0 Å². The summed E-state index contributed by atoms with van der Waals surface area (Å²) in [7, 11) is 0. The number of hydrogen-bond donors (Lipinski definition) is 0. The lowest BCUT2D eigenvalue weighted by Gasteiger charge is -2.12. The number of thiophene rings is 2.